The van der Waals surface area contributed by atoms with Crippen molar-refractivity contribution < 1.29 is 33.3 Å². The molecule has 0 bridgehead atoms. The monoisotopic (exact) mass is 391 g/mol. The summed E-state index contributed by atoms with van der Waals surface area (Å²) < 4.78 is 28.9. The minimum Gasteiger partial charge on any atom is -0.497 e. The maximum absolute atomic E-state index is 13.2. The maximum Gasteiger partial charge on any atom is 0.332 e. The number of nitrogens with one attached hydrogen (secondary N) is 1. The van der Waals surface area contributed by atoms with Crippen molar-refractivity contribution in [3.8, 4) is 11.5 Å². The van der Waals surface area contributed by atoms with Crippen LogP contribution in [0.4, 0.5) is 10.1 Å². The third kappa shape index (κ3) is 6.15. The lowest BCUT2D eigenvalue weighted by atomic mass is 10.1. The Morgan fingerprint density at radius 3 is 2.39 bits per heavy atom. The fourth-order valence-electron chi connectivity index (χ4n) is 2.49. The minimum atomic E-state index is -0.892. The van der Waals surface area contributed by atoms with Crippen molar-refractivity contribution in [2.45, 2.75) is 18.9 Å². The number of rotatable bonds is 10. The van der Waals surface area contributed by atoms with E-state index >= 15 is 0 Å². The van der Waals surface area contributed by atoms with Gasteiger partial charge in [0.15, 0.2) is 6.04 Å². The maximum atomic E-state index is 13.2. The second-order valence-electron chi connectivity index (χ2n) is 5.90. The number of hydrogen-bond donors (Lipinski definition) is 2. The molecule has 150 valence electrons. The molecule has 8 heteroatoms. The number of benzene rings is 2. The number of ether oxygens (including phenoxy) is 3. The lowest BCUT2D eigenvalue weighted by Crippen LogP contribution is -2.22. The predicted octanol–water partition coefficient (Wildman–Crippen LogP) is 3.40. The zero-order chi connectivity index (χ0) is 20.5. The van der Waals surface area contributed by atoms with Crippen molar-refractivity contribution >= 4 is 17.6 Å². The van der Waals surface area contributed by atoms with Gasteiger partial charge >= 0.3 is 11.9 Å². The van der Waals surface area contributed by atoms with Gasteiger partial charge in [0.1, 0.15) is 17.3 Å². The molecular weight excluding hydrogens is 369 g/mol. The summed E-state index contributed by atoms with van der Waals surface area (Å²) in [4.78, 5) is 22.8. The second kappa shape index (κ2) is 10.1. The van der Waals surface area contributed by atoms with E-state index in [0.29, 0.717) is 29.2 Å². The van der Waals surface area contributed by atoms with Crippen molar-refractivity contribution in [2.75, 3.05) is 26.1 Å². The van der Waals surface area contributed by atoms with Crippen LogP contribution in [0, 0.1) is 5.82 Å². The van der Waals surface area contributed by atoms with E-state index in [0.717, 1.165) is 0 Å². The fourth-order valence-corrected chi connectivity index (χ4v) is 2.49. The SMILES string of the molecule is COC(=O)[C@H](Nc1cc(OC)cc(OCCCC(=O)O)c1)c1ccc(F)cc1. The first kappa shape index (κ1) is 21.0. The number of carboxylic acid groups (broad SMARTS) is 1. The molecule has 7 nitrogen and oxygen atoms in total. The smallest absolute Gasteiger partial charge is 0.332 e. The van der Waals surface area contributed by atoms with Gasteiger partial charge in [0.25, 0.3) is 0 Å². The van der Waals surface area contributed by atoms with Gasteiger partial charge in [0.05, 0.1) is 20.8 Å². The van der Waals surface area contributed by atoms with Gasteiger partial charge in [-0.25, -0.2) is 9.18 Å². The molecule has 2 aromatic carbocycles. The molecule has 0 aromatic heterocycles. The molecule has 0 aliphatic rings. The lowest BCUT2D eigenvalue weighted by Gasteiger charge is -2.19. The van der Waals surface area contributed by atoms with Gasteiger partial charge < -0.3 is 24.6 Å². The summed E-state index contributed by atoms with van der Waals surface area (Å²) in [5.41, 5.74) is 1.05. The third-order valence-electron chi connectivity index (χ3n) is 3.87. The first-order chi connectivity index (χ1) is 13.4. The van der Waals surface area contributed by atoms with Crippen molar-refractivity contribution in [1.82, 2.24) is 0 Å². The Morgan fingerprint density at radius 2 is 1.79 bits per heavy atom. The quantitative estimate of drug-likeness (QED) is 0.473. The van der Waals surface area contributed by atoms with Gasteiger partial charge in [-0.05, 0) is 24.1 Å². The molecule has 2 rings (SSSR count). The van der Waals surface area contributed by atoms with Crippen LogP contribution >= 0.6 is 0 Å². The largest absolute Gasteiger partial charge is 0.497 e. The topological polar surface area (TPSA) is 94.1 Å². The number of hydrogen-bond acceptors (Lipinski definition) is 6. The van der Waals surface area contributed by atoms with E-state index in [9.17, 15) is 14.0 Å². The highest BCUT2D eigenvalue weighted by Crippen LogP contribution is 2.29. The first-order valence-electron chi connectivity index (χ1n) is 8.56. The van der Waals surface area contributed by atoms with Gasteiger partial charge in [-0.2, -0.15) is 0 Å². The third-order valence-corrected chi connectivity index (χ3v) is 3.87. The van der Waals surface area contributed by atoms with E-state index in [1.165, 1.54) is 38.5 Å². The zero-order valence-corrected chi connectivity index (χ0v) is 15.6. The van der Waals surface area contributed by atoms with Gasteiger partial charge in [-0.3, -0.25) is 4.79 Å². The molecule has 0 saturated heterocycles. The molecule has 28 heavy (non-hydrogen) atoms. The van der Waals surface area contributed by atoms with Crippen molar-refractivity contribution in [3.63, 3.8) is 0 Å². The summed E-state index contributed by atoms with van der Waals surface area (Å²) in [5.74, 6) is -0.906. The van der Waals surface area contributed by atoms with Crippen LogP contribution < -0.4 is 14.8 Å². The minimum absolute atomic E-state index is 0.00402. The van der Waals surface area contributed by atoms with E-state index in [1.807, 2.05) is 0 Å². The number of esters is 1. The second-order valence-corrected chi connectivity index (χ2v) is 5.90. The van der Waals surface area contributed by atoms with E-state index in [1.54, 1.807) is 18.2 Å². The number of aliphatic carboxylic acids is 1. The summed E-state index contributed by atoms with van der Waals surface area (Å²) in [6.07, 6.45) is 0.361. The fraction of sp³-hybridized carbons (Fsp3) is 0.300. The zero-order valence-electron chi connectivity index (χ0n) is 15.6. The Labute approximate surface area is 162 Å². The van der Waals surface area contributed by atoms with Crippen LogP contribution in [0.1, 0.15) is 24.4 Å². The highest BCUT2D eigenvalue weighted by Gasteiger charge is 2.22. The van der Waals surface area contributed by atoms with Gasteiger partial charge in [0.2, 0.25) is 0 Å². The molecule has 0 heterocycles. The van der Waals surface area contributed by atoms with Crippen LogP contribution in [0.5, 0.6) is 11.5 Å². The highest BCUT2D eigenvalue weighted by atomic mass is 19.1. The van der Waals surface area contributed by atoms with Crippen LogP contribution in [0.25, 0.3) is 0 Å². The predicted molar refractivity (Wildman–Crippen MR) is 100 cm³/mol. The normalized spacial score (nSPS) is 11.4. The average molecular weight is 391 g/mol. The number of anilines is 1. The number of carbonyl (C=O) groups excluding carboxylic acids is 1. The molecule has 0 saturated carbocycles. The standard InChI is InChI=1S/C20H22FNO6/c1-26-16-10-15(11-17(12-16)28-9-3-4-18(23)24)22-19(20(25)27-2)13-5-7-14(21)8-6-13/h5-8,10-12,19,22H,3-4,9H2,1-2H3,(H,23,24)/t19-/m1/s1. The number of halogens is 1. The Bertz CT molecular complexity index is 809. The van der Waals surface area contributed by atoms with Crippen molar-refractivity contribution in [3.05, 3.63) is 53.8 Å². The van der Waals surface area contributed by atoms with E-state index in [-0.39, 0.29) is 13.0 Å². The van der Waals surface area contributed by atoms with Gasteiger partial charge in [-0.15, -0.1) is 0 Å². The molecule has 0 radical (unpaired) electrons. The summed E-state index contributed by atoms with van der Waals surface area (Å²) >= 11 is 0. The van der Waals surface area contributed by atoms with E-state index in [2.05, 4.69) is 5.32 Å². The summed E-state index contributed by atoms with van der Waals surface area (Å²) in [6, 6.07) is 9.62. The molecule has 0 amide bonds. The van der Waals surface area contributed by atoms with Crippen LogP contribution in [0.15, 0.2) is 42.5 Å². The van der Waals surface area contributed by atoms with Crippen LogP contribution in [0.2, 0.25) is 0 Å². The van der Waals surface area contributed by atoms with Crippen molar-refractivity contribution in [1.29, 1.82) is 0 Å². The Hall–Kier alpha value is -3.29. The molecular formula is C20H22FNO6. The molecule has 0 fully saturated rings. The number of carboxylic acids is 1. The Balaban J connectivity index is 2.20. The summed E-state index contributed by atoms with van der Waals surface area (Å²) in [7, 11) is 2.76. The molecule has 1 atom stereocenters. The highest BCUT2D eigenvalue weighted by molar-refractivity contribution is 5.81. The van der Waals surface area contributed by atoms with Gasteiger partial charge in [0, 0.05) is 30.3 Å². The number of carbonyl (C=O) groups is 2. The van der Waals surface area contributed by atoms with E-state index < -0.39 is 23.8 Å². The summed E-state index contributed by atoms with van der Waals surface area (Å²) in [6.45, 7) is 0.220. The Kier molecular flexibility index (Phi) is 7.62. The molecule has 0 aliphatic heterocycles. The molecule has 2 N–H and O–H groups in total. The average Bonchev–Trinajstić information content (AvgIpc) is 2.69. The van der Waals surface area contributed by atoms with Crippen LogP contribution in [-0.4, -0.2) is 37.9 Å². The first-order valence-corrected chi connectivity index (χ1v) is 8.56. The molecule has 2 aromatic rings. The Morgan fingerprint density at radius 1 is 1.11 bits per heavy atom. The van der Waals surface area contributed by atoms with E-state index in [4.69, 9.17) is 19.3 Å². The van der Waals surface area contributed by atoms with Gasteiger partial charge in [-0.1, -0.05) is 12.1 Å². The van der Waals surface area contributed by atoms with Crippen molar-refractivity contribution in [2.24, 2.45) is 0 Å². The molecule has 0 spiro atoms. The molecule has 0 aliphatic carbocycles. The lowest BCUT2D eigenvalue weighted by molar-refractivity contribution is -0.141. The molecule has 0 unspecified atom stereocenters. The summed E-state index contributed by atoms with van der Waals surface area (Å²) in [5, 5.41) is 11.7. The van der Waals surface area contributed by atoms with Crippen LogP contribution in [-0.2, 0) is 14.3 Å². The number of methoxy groups -OCH3 is 2. The van der Waals surface area contributed by atoms with Crippen LogP contribution in [0.3, 0.4) is 0 Å².